The lowest BCUT2D eigenvalue weighted by molar-refractivity contribution is 0.0654. The van der Waals surface area contributed by atoms with Gasteiger partial charge in [0.15, 0.2) is 0 Å². The van der Waals surface area contributed by atoms with E-state index in [0.717, 1.165) is 44.8 Å². The molecular formula is C21H24N2O2. The van der Waals surface area contributed by atoms with Gasteiger partial charge in [0.1, 0.15) is 12.4 Å². The molecule has 1 heterocycles. The van der Waals surface area contributed by atoms with Gasteiger partial charge in [-0.1, -0.05) is 30.3 Å². The van der Waals surface area contributed by atoms with Crippen molar-refractivity contribution in [2.75, 3.05) is 26.3 Å². The Kier molecular flexibility index (Phi) is 6.44. The summed E-state index contributed by atoms with van der Waals surface area (Å²) in [4.78, 5) is 2.40. The largest absolute Gasteiger partial charge is 0.492 e. The lowest BCUT2D eigenvalue weighted by atomic mass is 10.2. The second-order valence-corrected chi connectivity index (χ2v) is 6.34. The van der Waals surface area contributed by atoms with Crippen LogP contribution >= 0.6 is 0 Å². The second kappa shape index (κ2) is 9.22. The van der Waals surface area contributed by atoms with Gasteiger partial charge in [-0.25, -0.2) is 0 Å². The highest BCUT2D eigenvalue weighted by Crippen LogP contribution is 2.16. The van der Waals surface area contributed by atoms with Crippen molar-refractivity contribution in [3.05, 3.63) is 65.7 Å². The third-order valence-electron chi connectivity index (χ3n) is 4.39. The van der Waals surface area contributed by atoms with Crippen LogP contribution in [0.15, 0.2) is 54.6 Å². The Morgan fingerprint density at radius 3 is 2.60 bits per heavy atom. The monoisotopic (exact) mass is 336 g/mol. The van der Waals surface area contributed by atoms with E-state index in [1.54, 1.807) is 12.1 Å². The molecule has 1 atom stereocenters. The van der Waals surface area contributed by atoms with Gasteiger partial charge >= 0.3 is 0 Å². The van der Waals surface area contributed by atoms with Gasteiger partial charge in [-0.3, -0.25) is 4.90 Å². The Morgan fingerprint density at radius 2 is 1.92 bits per heavy atom. The van der Waals surface area contributed by atoms with Crippen molar-refractivity contribution in [2.45, 2.75) is 25.5 Å². The average Bonchev–Trinajstić information content (AvgIpc) is 3.16. The molecule has 0 radical (unpaired) electrons. The molecule has 25 heavy (non-hydrogen) atoms. The van der Waals surface area contributed by atoms with Crippen molar-refractivity contribution in [3.8, 4) is 11.8 Å². The fourth-order valence-corrected chi connectivity index (χ4v) is 3.07. The number of hydrogen-bond donors (Lipinski definition) is 0. The zero-order valence-electron chi connectivity index (χ0n) is 14.4. The van der Waals surface area contributed by atoms with Gasteiger partial charge in [0.2, 0.25) is 0 Å². The summed E-state index contributed by atoms with van der Waals surface area (Å²) < 4.78 is 11.6. The number of nitrogens with zero attached hydrogens (tertiary/aromatic N) is 2. The van der Waals surface area contributed by atoms with Crippen molar-refractivity contribution in [2.24, 2.45) is 0 Å². The topological polar surface area (TPSA) is 45.5 Å². The van der Waals surface area contributed by atoms with Crippen LogP contribution in [-0.2, 0) is 11.3 Å². The molecule has 0 aliphatic carbocycles. The summed E-state index contributed by atoms with van der Waals surface area (Å²) in [6, 6.07) is 19.9. The number of hydrogen-bond acceptors (Lipinski definition) is 4. The van der Waals surface area contributed by atoms with Crippen molar-refractivity contribution < 1.29 is 9.47 Å². The highest BCUT2D eigenvalue weighted by Gasteiger charge is 2.19. The molecule has 1 aliphatic rings. The van der Waals surface area contributed by atoms with Crippen molar-refractivity contribution in [1.82, 2.24) is 4.90 Å². The molecule has 0 amide bonds. The number of benzene rings is 2. The van der Waals surface area contributed by atoms with Gasteiger partial charge in [0, 0.05) is 26.2 Å². The third-order valence-corrected chi connectivity index (χ3v) is 4.39. The van der Waals surface area contributed by atoms with E-state index in [1.807, 2.05) is 18.2 Å². The number of nitriles is 1. The van der Waals surface area contributed by atoms with Gasteiger partial charge in [-0.15, -0.1) is 0 Å². The van der Waals surface area contributed by atoms with Gasteiger partial charge < -0.3 is 9.47 Å². The SMILES string of the molecule is N#Cc1ccc(OCCN(Cc2ccccc2)CC2CCCO2)cc1. The molecule has 1 saturated heterocycles. The molecule has 1 fully saturated rings. The molecule has 130 valence electrons. The lowest BCUT2D eigenvalue weighted by Crippen LogP contribution is -2.34. The first kappa shape index (κ1) is 17.5. The smallest absolute Gasteiger partial charge is 0.119 e. The second-order valence-electron chi connectivity index (χ2n) is 6.34. The fraction of sp³-hybridized carbons (Fsp3) is 0.381. The van der Waals surface area contributed by atoms with E-state index in [1.165, 1.54) is 5.56 Å². The predicted molar refractivity (Wildman–Crippen MR) is 97.3 cm³/mol. The minimum Gasteiger partial charge on any atom is -0.492 e. The summed E-state index contributed by atoms with van der Waals surface area (Å²) in [7, 11) is 0. The molecule has 3 rings (SSSR count). The first-order valence-corrected chi connectivity index (χ1v) is 8.84. The van der Waals surface area contributed by atoms with E-state index in [4.69, 9.17) is 14.7 Å². The molecule has 0 saturated carbocycles. The highest BCUT2D eigenvalue weighted by molar-refractivity contribution is 5.34. The molecule has 1 unspecified atom stereocenters. The van der Waals surface area contributed by atoms with Crippen LogP contribution in [-0.4, -0.2) is 37.3 Å². The standard InChI is InChI=1S/C21H24N2O2/c22-15-18-8-10-20(11-9-18)25-14-12-23(17-21-7-4-13-24-21)16-19-5-2-1-3-6-19/h1-3,5-6,8-11,21H,4,7,12-14,16-17H2. The summed E-state index contributed by atoms with van der Waals surface area (Å²) in [5.74, 6) is 0.802. The molecule has 0 N–H and O–H groups in total. The molecule has 4 heteroatoms. The van der Waals surface area contributed by atoms with Crippen LogP contribution in [0.4, 0.5) is 0 Å². The van der Waals surface area contributed by atoms with Gasteiger partial charge in [0.25, 0.3) is 0 Å². The van der Waals surface area contributed by atoms with E-state index in [0.29, 0.717) is 18.3 Å². The van der Waals surface area contributed by atoms with Gasteiger partial charge in [-0.2, -0.15) is 5.26 Å². The van der Waals surface area contributed by atoms with E-state index in [2.05, 4.69) is 35.2 Å². The maximum absolute atomic E-state index is 8.84. The summed E-state index contributed by atoms with van der Waals surface area (Å²) in [5, 5.41) is 8.84. The van der Waals surface area contributed by atoms with Gasteiger partial charge in [0.05, 0.1) is 17.7 Å². The molecular weight excluding hydrogens is 312 g/mol. The molecule has 0 bridgehead atoms. The fourth-order valence-electron chi connectivity index (χ4n) is 3.07. The Hall–Kier alpha value is -2.35. The minimum absolute atomic E-state index is 0.332. The Morgan fingerprint density at radius 1 is 1.12 bits per heavy atom. The van der Waals surface area contributed by atoms with Crippen molar-refractivity contribution in [3.63, 3.8) is 0 Å². The number of rotatable bonds is 8. The summed E-state index contributed by atoms with van der Waals surface area (Å²) in [6.45, 7) is 4.18. The highest BCUT2D eigenvalue weighted by atomic mass is 16.5. The Balaban J connectivity index is 1.53. The van der Waals surface area contributed by atoms with Crippen LogP contribution < -0.4 is 4.74 Å². The number of ether oxygens (including phenoxy) is 2. The summed E-state index contributed by atoms with van der Waals surface area (Å²) in [6.07, 6.45) is 2.63. The molecule has 0 spiro atoms. The van der Waals surface area contributed by atoms with E-state index in [9.17, 15) is 0 Å². The van der Waals surface area contributed by atoms with Crippen LogP contribution in [0.5, 0.6) is 5.75 Å². The van der Waals surface area contributed by atoms with Crippen molar-refractivity contribution in [1.29, 1.82) is 5.26 Å². The lowest BCUT2D eigenvalue weighted by Gasteiger charge is -2.25. The molecule has 2 aromatic rings. The predicted octanol–water partition coefficient (Wildman–Crippen LogP) is 3.62. The summed E-state index contributed by atoms with van der Waals surface area (Å²) in [5.41, 5.74) is 1.95. The Labute approximate surface area is 149 Å². The van der Waals surface area contributed by atoms with Crippen molar-refractivity contribution >= 4 is 0 Å². The first-order valence-electron chi connectivity index (χ1n) is 8.84. The third kappa shape index (κ3) is 5.60. The van der Waals surface area contributed by atoms with Crippen LogP contribution in [0, 0.1) is 11.3 Å². The van der Waals surface area contributed by atoms with Gasteiger partial charge in [-0.05, 0) is 42.7 Å². The minimum atomic E-state index is 0.332. The van der Waals surface area contributed by atoms with E-state index >= 15 is 0 Å². The molecule has 2 aromatic carbocycles. The maximum Gasteiger partial charge on any atom is 0.119 e. The molecule has 4 nitrogen and oxygen atoms in total. The van der Waals surface area contributed by atoms with Crippen LogP contribution in [0.2, 0.25) is 0 Å². The average molecular weight is 336 g/mol. The maximum atomic E-state index is 8.84. The van der Waals surface area contributed by atoms with E-state index < -0.39 is 0 Å². The van der Waals surface area contributed by atoms with Crippen LogP contribution in [0.25, 0.3) is 0 Å². The van der Waals surface area contributed by atoms with Crippen LogP contribution in [0.1, 0.15) is 24.0 Å². The summed E-state index contributed by atoms with van der Waals surface area (Å²) >= 11 is 0. The normalized spacial score (nSPS) is 16.7. The zero-order valence-corrected chi connectivity index (χ0v) is 14.4. The molecule has 1 aliphatic heterocycles. The quantitative estimate of drug-likeness (QED) is 0.739. The Bertz CT molecular complexity index is 673. The zero-order chi connectivity index (χ0) is 17.3. The molecule has 0 aromatic heterocycles. The van der Waals surface area contributed by atoms with Crippen LogP contribution in [0.3, 0.4) is 0 Å². The van der Waals surface area contributed by atoms with E-state index in [-0.39, 0.29) is 0 Å². The first-order chi connectivity index (χ1) is 12.3.